The molecule has 1 atom stereocenters. The predicted molar refractivity (Wildman–Crippen MR) is 121 cm³/mol. The molecule has 0 aromatic heterocycles. The largest absolute Gasteiger partial charge is 0.484 e. The molecule has 0 aliphatic heterocycles. The molecule has 0 fully saturated rings. The summed E-state index contributed by atoms with van der Waals surface area (Å²) in [5.74, 6) is 0.239. The topological polar surface area (TPSA) is 58.6 Å². The number of rotatable bonds is 9. The maximum absolute atomic E-state index is 13.1. The summed E-state index contributed by atoms with van der Waals surface area (Å²) < 4.78 is 5.78. The van der Waals surface area contributed by atoms with E-state index in [1.54, 1.807) is 17.0 Å². The number of carbonyl (C=O) groups is 2. The lowest BCUT2D eigenvalue weighted by atomic mass is 10.1. The van der Waals surface area contributed by atoms with Gasteiger partial charge in [-0.05, 0) is 75.1 Å². The van der Waals surface area contributed by atoms with Gasteiger partial charge >= 0.3 is 0 Å². The SMILES string of the molecule is CC[C@@H](C(=O)NC(C)C)N(Cc1ccc(Cl)cc1)C(=O)COc1cc(C)cc(C)c1. The molecule has 30 heavy (non-hydrogen) atoms. The molecule has 5 nitrogen and oxygen atoms in total. The summed E-state index contributed by atoms with van der Waals surface area (Å²) in [4.78, 5) is 27.5. The van der Waals surface area contributed by atoms with Gasteiger partial charge in [-0.2, -0.15) is 0 Å². The van der Waals surface area contributed by atoms with Gasteiger partial charge < -0.3 is 15.0 Å². The van der Waals surface area contributed by atoms with Crippen molar-refractivity contribution in [3.05, 3.63) is 64.2 Å². The molecule has 2 aromatic carbocycles. The van der Waals surface area contributed by atoms with E-state index in [-0.39, 0.29) is 24.5 Å². The van der Waals surface area contributed by atoms with Gasteiger partial charge in [0.2, 0.25) is 5.91 Å². The number of amides is 2. The van der Waals surface area contributed by atoms with E-state index < -0.39 is 6.04 Å². The van der Waals surface area contributed by atoms with E-state index in [4.69, 9.17) is 16.3 Å². The van der Waals surface area contributed by atoms with Gasteiger partial charge in [0.05, 0.1) is 0 Å². The molecule has 0 radical (unpaired) electrons. The van der Waals surface area contributed by atoms with Gasteiger partial charge in [0.1, 0.15) is 11.8 Å². The number of nitrogens with one attached hydrogen (secondary N) is 1. The van der Waals surface area contributed by atoms with Gasteiger partial charge in [0, 0.05) is 17.6 Å². The summed E-state index contributed by atoms with van der Waals surface area (Å²) in [6.07, 6.45) is 0.501. The first-order valence-electron chi connectivity index (χ1n) is 10.2. The molecule has 0 saturated carbocycles. The highest BCUT2D eigenvalue weighted by molar-refractivity contribution is 6.30. The summed E-state index contributed by atoms with van der Waals surface area (Å²) in [5.41, 5.74) is 3.03. The van der Waals surface area contributed by atoms with E-state index in [0.29, 0.717) is 23.7 Å². The Kier molecular flexibility index (Phi) is 8.72. The number of benzene rings is 2. The van der Waals surface area contributed by atoms with Crippen LogP contribution in [-0.4, -0.2) is 35.4 Å². The normalized spacial score (nSPS) is 11.8. The zero-order valence-corrected chi connectivity index (χ0v) is 19.1. The Morgan fingerprint density at radius 2 is 1.67 bits per heavy atom. The van der Waals surface area contributed by atoms with E-state index in [9.17, 15) is 9.59 Å². The quantitative estimate of drug-likeness (QED) is 0.629. The molecule has 1 N–H and O–H groups in total. The van der Waals surface area contributed by atoms with Gasteiger partial charge in [-0.25, -0.2) is 0 Å². The van der Waals surface area contributed by atoms with Crippen LogP contribution in [0.5, 0.6) is 5.75 Å². The van der Waals surface area contributed by atoms with Crippen molar-refractivity contribution in [1.29, 1.82) is 0 Å². The number of hydrogen-bond acceptors (Lipinski definition) is 3. The van der Waals surface area contributed by atoms with Gasteiger partial charge in [0.25, 0.3) is 5.91 Å². The van der Waals surface area contributed by atoms with Crippen LogP contribution in [0.3, 0.4) is 0 Å². The molecule has 0 saturated heterocycles. The molecule has 6 heteroatoms. The number of aryl methyl sites for hydroxylation is 2. The van der Waals surface area contributed by atoms with Crippen LogP contribution >= 0.6 is 11.6 Å². The molecular weight excluding hydrogens is 400 g/mol. The molecule has 2 aromatic rings. The Labute approximate surface area is 184 Å². The number of halogens is 1. The maximum Gasteiger partial charge on any atom is 0.261 e. The summed E-state index contributed by atoms with van der Waals surface area (Å²) in [6, 6.07) is 12.5. The smallest absolute Gasteiger partial charge is 0.261 e. The molecule has 0 unspecified atom stereocenters. The Balaban J connectivity index is 2.22. The first kappa shape index (κ1) is 23.7. The van der Waals surface area contributed by atoms with Crippen LogP contribution in [0.2, 0.25) is 5.02 Å². The zero-order valence-electron chi connectivity index (χ0n) is 18.4. The van der Waals surface area contributed by atoms with E-state index >= 15 is 0 Å². The van der Waals surface area contributed by atoms with Gasteiger partial charge in [-0.1, -0.05) is 36.7 Å². The number of nitrogens with zero attached hydrogens (tertiary/aromatic N) is 1. The molecular formula is C24H31ClN2O3. The third-order valence-electron chi connectivity index (χ3n) is 4.64. The molecule has 162 valence electrons. The van der Waals surface area contributed by atoms with Crippen LogP contribution in [-0.2, 0) is 16.1 Å². The van der Waals surface area contributed by atoms with E-state index in [1.165, 1.54) is 0 Å². The van der Waals surface area contributed by atoms with Crippen LogP contribution in [0.25, 0.3) is 0 Å². The van der Waals surface area contributed by atoms with Crippen molar-refractivity contribution in [1.82, 2.24) is 10.2 Å². The van der Waals surface area contributed by atoms with Crippen molar-refractivity contribution < 1.29 is 14.3 Å². The monoisotopic (exact) mass is 430 g/mol. The lowest BCUT2D eigenvalue weighted by Gasteiger charge is -2.31. The standard InChI is InChI=1S/C24H31ClN2O3/c1-6-22(24(29)26-16(2)3)27(14-19-7-9-20(25)10-8-19)23(28)15-30-21-12-17(4)11-18(5)13-21/h7-13,16,22H,6,14-15H2,1-5H3,(H,26,29)/t22-/m0/s1. The molecule has 0 spiro atoms. The first-order chi connectivity index (χ1) is 14.2. The summed E-state index contributed by atoms with van der Waals surface area (Å²) in [6.45, 7) is 9.84. The summed E-state index contributed by atoms with van der Waals surface area (Å²) >= 11 is 5.99. The van der Waals surface area contributed by atoms with Crippen molar-refractivity contribution in [2.45, 2.75) is 59.7 Å². The van der Waals surface area contributed by atoms with E-state index in [2.05, 4.69) is 5.32 Å². The lowest BCUT2D eigenvalue weighted by Crippen LogP contribution is -2.51. The number of hydrogen-bond donors (Lipinski definition) is 1. The van der Waals surface area contributed by atoms with Crippen LogP contribution in [0, 0.1) is 13.8 Å². The van der Waals surface area contributed by atoms with Crippen molar-refractivity contribution in [2.24, 2.45) is 0 Å². The second-order valence-corrected chi connectivity index (χ2v) is 8.28. The lowest BCUT2D eigenvalue weighted by molar-refractivity contribution is -0.143. The number of ether oxygens (including phenoxy) is 1. The first-order valence-corrected chi connectivity index (χ1v) is 10.6. The minimum atomic E-state index is -0.585. The van der Waals surface area contributed by atoms with Crippen molar-refractivity contribution >= 4 is 23.4 Å². The van der Waals surface area contributed by atoms with E-state index in [1.807, 2.05) is 65.0 Å². The summed E-state index contributed by atoms with van der Waals surface area (Å²) in [5, 5.41) is 3.54. The molecule has 2 amide bonds. The molecule has 0 aliphatic rings. The fraction of sp³-hybridized carbons (Fsp3) is 0.417. The average Bonchev–Trinajstić information content (AvgIpc) is 2.66. The number of carbonyl (C=O) groups excluding carboxylic acids is 2. The predicted octanol–water partition coefficient (Wildman–Crippen LogP) is 4.67. The fourth-order valence-electron chi connectivity index (χ4n) is 3.33. The van der Waals surface area contributed by atoms with Crippen LogP contribution in [0.1, 0.15) is 43.9 Å². The Morgan fingerprint density at radius 1 is 1.07 bits per heavy atom. The van der Waals surface area contributed by atoms with Crippen molar-refractivity contribution in [3.8, 4) is 5.75 Å². The van der Waals surface area contributed by atoms with E-state index in [0.717, 1.165) is 16.7 Å². The summed E-state index contributed by atoms with van der Waals surface area (Å²) in [7, 11) is 0. The zero-order chi connectivity index (χ0) is 22.3. The van der Waals surface area contributed by atoms with Gasteiger partial charge in [-0.3, -0.25) is 9.59 Å². The minimum absolute atomic E-state index is 0.00875. The fourth-order valence-corrected chi connectivity index (χ4v) is 3.46. The minimum Gasteiger partial charge on any atom is -0.484 e. The molecule has 0 heterocycles. The second-order valence-electron chi connectivity index (χ2n) is 7.85. The average molecular weight is 431 g/mol. The van der Waals surface area contributed by atoms with Crippen molar-refractivity contribution in [2.75, 3.05) is 6.61 Å². The van der Waals surface area contributed by atoms with Crippen LogP contribution in [0.4, 0.5) is 0 Å². The second kappa shape index (κ2) is 11.0. The third kappa shape index (κ3) is 7.06. The molecule has 0 aliphatic carbocycles. The Bertz CT molecular complexity index is 845. The maximum atomic E-state index is 13.1. The molecule has 2 rings (SSSR count). The third-order valence-corrected chi connectivity index (χ3v) is 4.89. The highest BCUT2D eigenvalue weighted by Gasteiger charge is 2.29. The van der Waals surface area contributed by atoms with Crippen molar-refractivity contribution in [3.63, 3.8) is 0 Å². The highest BCUT2D eigenvalue weighted by Crippen LogP contribution is 2.18. The van der Waals surface area contributed by atoms with Crippen LogP contribution < -0.4 is 10.1 Å². The van der Waals surface area contributed by atoms with Gasteiger partial charge in [-0.15, -0.1) is 0 Å². The highest BCUT2D eigenvalue weighted by atomic mass is 35.5. The Hall–Kier alpha value is -2.53. The Morgan fingerprint density at radius 3 is 2.20 bits per heavy atom. The van der Waals surface area contributed by atoms with Gasteiger partial charge in [0.15, 0.2) is 6.61 Å². The van der Waals surface area contributed by atoms with Crippen LogP contribution in [0.15, 0.2) is 42.5 Å². The molecule has 0 bridgehead atoms.